The van der Waals surface area contributed by atoms with Crippen molar-refractivity contribution in [3.05, 3.63) is 0 Å². The Labute approximate surface area is 205 Å². The van der Waals surface area contributed by atoms with E-state index in [0.717, 1.165) is 25.7 Å². The Morgan fingerprint density at radius 1 is 0.848 bits per heavy atom. The quantitative estimate of drug-likeness (QED) is 0.444. The van der Waals surface area contributed by atoms with Crippen LogP contribution >= 0.6 is 0 Å². The van der Waals surface area contributed by atoms with Crippen molar-refractivity contribution in [1.29, 1.82) is 5.26 Å². The number of ether oxygens (including phenoxy) is 2. The minimum absolute atomic E-state index is 0.0154. The summed E-state index contributed by atoms with van der Waals surface area (Å²) in [5.41, 5.74) is 0.186. The van der Waals surface area contributed by atoms with E-state index in [4.69, 9.17) is 9.47 Å². The van der Waals surface area contributed by atoms with Gasteiger partial charge in [-0.25, -0.2) is 0 Å². The van der Waals surface area contributed by atoms with Gasteiger partial charge in [0.05, 0.1) is 37.4 Å². The van der Waals surface area contributed by atoms with E-state index in [1.807, 2.05) is 41.5 Å². The number of nitriles is 1. The van der Waals surface area contributed by atoms with Crippen LogP contribution in [0.25, 0.3) is 0 Å². The summed E-state index contributed by atoms with van der Waals surface area (Å²) in [4.78, 5) is 0. The number of aliphatic hydroxyl groups is 1. The van der Waals surface area contributed by atoms with Gasteiger partial charge >= 0.3 is 0 Å². The second kappa shape index (κ2) is 14.1. The largest absolute Gasteiger partial charge is 0.393 e. The molecule has 0 radical (unpaired) electrons. The van der Waals surface area contributed by atoms with Crippen LogP contribution in [0, 0.1) is 51.8 Å². The first kappa shape index (κ1) is 30.4. The van der Waals surface area contributed by atoms with Crippen LogP contribution in [0.15, 0.2) is 0 Å². The molecule has 194 valence electrons. The van der Waals surface area contributed by atoms with Gasteiger partial charge in [-0.1, -0.05) is 55.4 Å². The Hall–Kier alpha value is -0.630. The fourth-order valence-electron chi connectivity index (χ4n) is 8.09. The molecule has 4 nitrogen and oxygen atoms in total. The summed E-state index contributed by atoms with van der Waals surface area (Å²) in [7, 11) is 1.72. The summed E-state index contributed by atoms with van der Waals surface area (Å²) in [5.74, 6) is 2.41. The smallest absolute Gasteiger partial charge is 0.0704 e. The highest BCUT2D eigenvalue weighted by atomic mass is 16.5. The minimum Gasteiger partial charge on any atom is -0.393 e. The van der Waals surface area contributed by atoms with E-state index in [9.17, 15) is 10.4 Å². The first-order valence-electron chi connectivity index (χ1n) is 14.1. The number of methoxy groups -OCH3 is 1. The summed E-state index contributed by atoms with van der Waals surface area (Å²) >= 11 is 0. The molecule has 0 aromatic rings. The average molecular weight is 466 g/mol. The summed E-state index contributed by atoms with van der Waals surface area (Å²) in [6, 6.07) is 2.58. The van der Waals surface area contributed by atoms with Crippen molar-refractivity contribution < 1.29 is 14.6 Å². The molecule has 4 fully saturated rings. The lowest BCUT2D eigenvalue weighted by atomic mass is 9.44. The topological polar surface area (TPSA) is 62.5 Å². The molecule has 0 aromatic heterocycles. The third-order valence-electron chi connectivity index (χ3n) is 9.30. The standard InChI is InChI=1S/C23H37NO3.3C2H6/c1-22-13-20(25)21-18(19(22)9-6-16(22)14-24)8-5-15-4-7-17(12-23(15,21)2)27-11-10-26-3;3*1-2/h15-21,25H,4-13H2,1-3H3;3*1-2H3. The SMILES string of the molecule is CC.CC.CC.COCCOC1CCC2CCC3C4CCC(C#N)C4(C)CC(O)C3C2(C)C1. The number of nitrogens with zero attached hydrogens (tertiary/aromatic N) is 1. The van der Waals surface area contributed by atoms with Crippen LogP contribution in [-0.2, 0) is 9.47 Å². The van der Waals surface area contributed by atoms with E-state index in [2.05, 4.69) is 19.9 Å². The predicted octanol–water partition coefficient (Wildman–Crippen LogP) is 7.25. The molecule has 0 spiro atoms. The zero-order valence-electron chi connectivity index (χ0n) is 23.3. The first-order chi connectivity index (χ1) is 15.9. The molecule has 4 saturated carbocycles. The van der Waals surface area contributed by atoms with Gasteiger partial charge in [0.2, 0.25) is 0 Å². The molecule has 0 aliphatic heterocycles. The van der Waals surface area contributed by atoms with Gasteiger partial charge in [-0.05, 0) is 85.9 Å². The van der Waals surface area contributed by atoms with Crippen molar-refractivity contribution in [1.82, 2.24) is 0 Å². The number of rotatable bonds is 4. The van der Waals surface area contributed by atoms with Crippen molar-refractivity contribution in [3.8, 4) is 6.07 Å². The number of hydrogen-bond donors (Lipinski definition) is 1. The van der Waals surface area contributed by atoms with Crippen molar-refractivity contribution in [3.63, 3.8) is 0 Å². The molecular formula is C29H55NO3. The van der Waals surface area contributed by atoms with Crippen LogP contribution in [-0.4, -0.2) is 37.6 Å². The summed E-state index contributed by atoms with van der Waals surface area (Å²) in [6.07, 6.45) is 9.04. The molecule has 0 bridgehead atoms. The van der Waals surface area contributed by atoms with Crippen LogP contribution in [0.3, 0.4) is 0 Å². The van der Waals surface area contributed by atoms with Gasteiger partial charge in [0.15, 0.2) is 0 Å². The van der Waals surface area contributed by atoms with Gasteiger partial charge in [0.1, 0.15) is 0 Å². The summed E-state index contributed by atoms with van der Waals surface area (Å²) in [6.45, 7) is 18.1. The van der Waals surface area contributed by atoms with E-state index in [1.165, 1.54) is 25.7 Å². The average Bonchev–Trinajstić information content (AvgIpc) is 3.18. The maximum absolute atomic E-state index is 11.4. The highest BCUT2D eigenvalue weighted by Crippen LogP contribution is 2.67. The van der Waals surface area contributed by atoms with Crippen LogP contribution in [0.4, 0.5) is 0 Å². The summed E-state index contributed by atoms with van der Waals surface area (Å²) < 4.78 is 11.3. The zero-order valence-corrected chi connectivity index (χ0v) is 23.3. The molecule has 1 N–H and O–H groups in total. The van der Waals surface area contributed by atoms with Gasteiger partial charge in [-0.15, -0.1) is 0 Å². The van der Waals surface area contributed by atoms with Crippen molar-refractivity contribution in [2.24, 2.45) is 40.4 Å². The van der Waals surface area contributed by atoms with Gasteiger partial charge in [-0.2, -0.15) is 5.26 Å². The Bertz CT molecular complexity index is 588. The molecular weight excluding hydrogens is 410 g/mol. The van der Waals surface area contributed by atoms with E-state index in [0.29, 0.717) is 43.0 Å². The number of fused-ring (bicyclic) bond motifs is 5. The lowest BCUT2D eigenvalue weighted by Gasteiger charge is -2.62. The molecule has 4 heteroatoms. The first-order valence-corrected chi connectivity index (χ1v) is 14.1. The monoisotopic (exact) mass is 465 g/mol. The summed E-state index contributed by atoms with van der Waals surface area (Å²) in [5, 5.41) is 21.0. The van der Waals surface area contributed by atoms with Crippen LogP contribution in [0.1, 0.15) is 107 Å². The predicted molar refractivity (Wildman–Crippen MR) is 138 cm³/mol. The lowest BCUT2D eigenvalue weighted by Crippen LogP contribution is -2.59. The van der Waals surface area contributed by atoms with Gasteiger partial charge in [-0.3, -0.25) is 0 Å². The van der Waals surface area contributed by atoms with E-state index < -0.39 is 0 Å². The van der Waals surface area contributed by atoms with Gasteiger partial charge < -0.3 is 14.6 Å². The number of aliphatic hydroxyl groups excluding tert-OH is 1. The third kappa shape index (κ3) is 5.96. The third-order valence-corrected chi connectivity index (χ3v) is 9.30. The molecule has 0 amide bonds. The fraction of sp³-hybridized carbons (Fsp3) is 0.966. The Kier molecular flexibility index (Phi) is 12.9. The van der Waals surface area contributed by atoms with Crippen LogP contribution in [0.2, 0.25) is 0 Å². The fourth-order valence-corrected chi connectivity index (χ4v) is 8.09. The normalized spacial score (nSPS) is 42.9. The van der Waals surface area contributed by atoms with Crippen molar-refractivity contribution in [2.45, 2.75) is 119 Å². The number of hydrogen-bond acceptors (Lipinski definition) is 4. The zero-order chi connectivity index (χ0) is 25.2. The Morgan fingerprint density at radius 3 is 2.09 bits per heavy atom. The second-order valence-electron chi connectivity index (χ2n) is 10.4. The lowest BCUT2D eigenvalue weighted by molar-refractivity contribution is -0.183. The maximum Gasteiger partial charge on any atom is 0.0704 e. The molecule has 4 aliphatic rings. The highest BCUT2D eigenvalue weighted by Gasteiger charge is 2.63. The van der Waals surface area contributed by atoms with Gasteiger partial charge in [0, 0.05) is 7.11 Å². The van der Waals surface area contributed by atoms with Gasteiger partial charge in [0.25, 0.3) is 0 Å². The molecule has 0 heterocycles. The van der Waals surface area contributed by atoms with Crippen LogP contribution < -0.4 is 0 Å². The minimum atomic E-state index is -0.268. The molecule has 9 atom stereocenters. The van der Waals surface area contributed by atoms with E-state index in [-0.39, 0.29) is 22.9 Å². The molecule has 33 heavy (non-hydrogen) atoms. The second-order valence-corrected chi connectivity index (χ2v) is 10.4. The van der Waals surface area contributed by atoms with Crippen molar-refractivity contribution >= 4 is 0 Å². The van der Waals surface area contributed by atoms with Crippen molar-refractivity contribution in [2.75, 3.05) is 20.3 Å². The molecule has 4 rings (SSSR count). The Balaban J connectivity index is 0.000000841. The maximum atomic E-state index is 11.4. The van der Waals surface area contributed by atoms with E-state index >= 15 is 0 Å². The molecule has 4 aliphatic carbocycles. The highest BCUT2D eigenvalue weighted by molar-refractivity contribution is 5.14. The molecule has 0 saturated heterocycles. The molecule has 0 aromatic carbocycles. The Morgan fingerprint density at radius 2 is 1.48 bits per heavy atom. The molecule has 9 unspecified atom stereocenters. The van der Waals surface area contributed by atoms with Crippen LogP contribution in [0.5, 0.6) is 0 Å². The van der Waals surface area contributed by atoms with E-state index in [1.54, 1.807) is 7.11 Å².